The highest BCUT2D eigenvalue weighted by molar-refractivity contribution is 7.09. The van der Waals surface area contributed by atoms with Gasteiger partial charge in [0.1, 0.15) is 16.6 Å². The Morgan fingerprint density at radius 1 is 1.48 bits per heavy atom. The molecule has 0 saturated carbocycles. The predicted octanol–water partition coefficient (Wildman–Crippen LogP) is 2.58. The number of carbonyl (C=O) groups excluding carboxylic acids is 1. The van der Waals surface area contributed by atoms with Gasteiger partial charge in [-0.2, -0.15) is 0 Å². The highest BCUT2D eigenvalue weighted by Crippen LogP contribution is 2.28. The lowest BCUT2D eigenvalue weighted by molar-refractivity contribution is 0.0521. The Labute approximate surface area is 128 Å². The fraction of sp³-hybridized carbons (Fsp3) is 0.500. The van der Waals surface area contributed by atoms with Gasteiger partial charge in [0.2, 0.25) is 0 Å². The second kappa shape index (κ2) is 6.26. The van der Waals surface area contributed by atoms with Crippen LogP contribution in [0.4, 0.5) is 5.82 Å². The molecule has 2 aromatic heterocycles. The van der Waals surface area contributed by atoms with E-state index in [1.807, 2.05) is 30.7 Å². The Morgan fingerprint density at radius 2 is 2.19 bits per heavy atom. The molecule has 0 fully saturated rings. The summed E-state index contributed by atoms with van der Waals surface area (Å²) in [7, 11) is 0. The zero-order chi connectivity index (χ0) is 15.6. The van der Waals surface area contributed by atoms with E-state index in [4.69, 9.17) is 10.5 Å². The molecule has 0 saturated heterocycles. The number of thiazole rings is 1. The smallest absolute Gasteiger partial charge is 0.360 e. The molecule has 0 aromatic carbocycles. The lowest BCUT2D eigenvalue weighted by Crippen LogP contribution is -2.14. The van der Waals surface area contributed by atoms with E-state index in [9.17, 15) is 4.79 Å². The van der Waals surface area contributed by atoms with E-state index in [-0.39, 0.29) is 11.7 Å². The van der Waals surface area contributed by atoms with Gasteiger partial charge in [0.25, 0.3) is 0 Å². The zero-order valence-electron chi connectivity index (χ0n) is 12.7. The van der Waals surface area contributed by atoms with Crippen LogP contribution in [-0.2, 0) is 11.2 Å². The Balaban J connectivity index is 2.45. The van der Waals surface area contributed by atoms with Crippen molar-refractivity contribution in [3.63, 3.8) is 0 Å². The standard InChI is InChI=1S/C14H20N4O2S/c1-5-10-17-11(14(19)20-6-2)12(15)18(10)9(4)13-16-8(3)7-21-13/h7,9H,5-6,15H2,1-4H3. The van der Waals surface area contributed by atoms with Crippen LogP contribution < -0.4 is 5.73 Å². The average molecular weight is 308 g/mol. The van der Waals surface area contributed by atoms with Crippen LogP contribution in [-0.4, -0.2) is 27.1 Å². The topological polar surface area (TPSA) is 83.0 Å². The van der Waals surface area contributed by atoms with Crippen LogP contribution in [0.1, 0.15) is 53.8 Å². The van der Waals surface area contributed by atoms with Crippen LogP contribution in [0.15, 0.2) is 5.38 Å². The van der Waals surface area contributed by atoms with Gasteiger partial charge in [-0.1, -0.05) is 6.92 Å². The summed E-state index contributed by atoms with van der Waals surface area (Å²) in [6.45, 7) is 7.99. The number of hydrogen-bond acceptors (Lipinski definition) is 6. The summed E-state index contributed by atoms with van der Waals surface area (Å²) in [4.78, 5) is 20.8. The molecule has 0 spiro atoms. The molecule has 1 atom stereocenters. The average Bonchev–Trinajstić information content (AvgIpc) is 3.02. The number of imidazole rings is 1. The Hall–Kier alpha value is -1.89. The third-order valence-electron chi connectivity index (χ3n) is 3.19. The number of aromatic nitrogens is 3. The summed E-state index contributed by atoms with van der Waals surface area (Å²) in [6.07, 6.45) is 0.679. The van der Waals surface area contributed by atoms with E-state index in [0.29, 0.717) is 18.8 Å². The molecule has 0 aliphatic rings. The molecule has 0 bridgehead atoms. The molecule has 6 nitrogen and oxygen atoms in total. The molecule has 0 amide bonds. The van der Waals surface area contributed by atoms with Gasteiger partial charge in [0.05, 0.1) is 12.6 Å². The lowest BCUT2D eigenvalue weighted by atomic mass is 10.3. The van der Waals surface area contributed by atoms with E-state index in [2.05, 4.69) is 9.97 Å². The maximum absolute atomic E-state index is 11.9. The first kappa shape index (κ1) is 15.5. The van der Waals surface area contributed by atoms with Gasteiger partial charge in [-0.05, 0) is 20.8 Å². The molecule has 2 heterocycles. The van der Waals surface area contributed by atoms with Crippen molar-refractivity contribution in [2.75, 3.05) is 12.3 Å². The van der Waals surface area contributed by atoms with Crippen LogP contribution in [0.25, 0.3) is 0 Å². The van der Waals surface area contributed by atoms with Crippen molar-refractivity contribution in [3.8, 4) is 0 Å². The van der Waals surface area contributed by atoms with E-state index >= 15 is 0 Å². The van der Waals surface area contributed by atoms with Crippen molar-refractivity contribution in [1.29, 1.82) is 0 Å². The molecule has 7 heteroatoms. The summed E-state index contributed by atoms with van der Waals surface area (Å²) in [5.74, 6) is 0.618. The molecule has 114 valence electrons. The van der Waals surface area contributed by atoms with E-state index in [1.54, 1.807) is 18.3 Å². The molecular weight excluding hydrogens is 288 g/mol. The zero-order valence-corrected chi connectivity index (χ0v) is 13.5. The van der Waals surface area contributed by atoms with Crippen molar-refractivity contribution in [3.05, 3.63) is 27.6 Å². The minimum Gasteiger partial charge on any atom is -0.461 e. The highest BCUT2D eigenvalue weighted by atomic mass is 32.1. The fourth-order valence-electron chi connectivity index (χ4n) is 2.20. The van der Waals surface area contributed by atoms with Gasteiger partial charge >= 0.3 is 5.97 Å². The van der Waals surface area contributed by atoms with Crippen molar-refractivity contribution in [1.82, 2.24) is 14.5 Å². The number of aryl methyl sites for hydroxylation is 2. The summed E-state index contributed by atoms with van der Waals surface area (Å²) >= 11 is 1.58. The largest absolute Gasteiger partial charge is 0.461 e. The van der Waals surface area contributed by atoms with E-state index in [0.717, 1.165) is 16.5 Å². The third kappa shape index (κ3) is 2.92. The number of carbonyl (C=O) groups is 1. The number of rotatable bonds is 5. The number of hydrogen-bond donors (Lipinski definition) is 1. The molecule has 2 rings (SSSR count). The van der Waals surface area contributed by atoms with Crippen molar-refractivity contribution in [2.45, 2.75) is 40.2 Å². The van der Waals surface area contributed by atoms with Crippen LogP contribution in [0.3, 0.4) is 0 Å². The second-order valence-corrected chi connectivity index (χ2v) is 5.60. The highest BCUT2D eigenvalue weighted by Gasteiger charge is 2.25. The maximum Gasteiger partial charge on any atom is 0.360 e. The minimum atomic E-state index is -0.481. The van der Waals surface area contributed by atoms with Crippen molar-refractivity contribution < 1.29 is 9.53 Å². The number of nitrogens with zero attached hydrogens (tertiary/aromatic N) is 3. The van der Waals surface area contributed by atoms with Crippen molar-refractivity contribution >= 4 is 23.1 Å². The molecule has 0 radical (unpaired) electrons. The molecule has 0 aliphatic heterocycles. The maximum atomic E-state index is 11.9. The van der Waals surface area contributed by atoms with Gasteiger partial charge in [-0.15, -0.1) is 11.3 Å². The fourth-order valence-corrected chi connectivity index (χ4v) is 3.04. The number of ether oxygens (including phenoxy) is 1. The molecular formula is C14H20N4O2S. The molecule has 0 aliphatic carbocycles. The summed E-state index contributed by atoms with van der Waals surface area (Å²) in [6, 6.07) is -0.0608. The number of nitrogen functional groups attached to an aromatic ring is 1. The number of nitrogens with two attached hydrogens (primary N) is 1. The predicted molar refractivity (Wildman–Crippen MR) is 82.6 cm³/mol. The first-order valence-corrected chi connectivity index (χ1v) is 7.83. The number of anilines is 1. The quantitative estimate of drug-likeness (QED) is 0.858. The first-order valence-electron chi connectivity index (χ1n) is 6.95. The molecule has 1 unspecified atom stereocenters. The van der Waals surface area contributed by atoms with Crippen LogP contribution in [0.2, 0.25) is 0 Å². The normalized spacial score (nSPS) is 12.4. The second-order valence-electron chi connectivity index (χ2n) is 4.71. The monoisotopic (exact) mass is 308 g/mol. The third-order valence-corrected chi connectivity index (χ3v) is 4.32. The summed E-state index contributed by atoms with van der Waals surface area (Å²) in [5.41, 5.74) is 7.30. The number of esters is 1. The molecule has 21 heavy (non-hydrogen) atoms. The van der Waals surface area contributed by atoms with Gasteiger partial charge in [-0.3, -0.25) is 0 Å². The first-order chi connectivity index (χ1) is 9.99. The molecule has 2 N–H and O–H groups in total. The van der Waals surface area contributed by atoms with Gasteiger partial charge < -0.3 is 15.0 Å². The van der Waals surface area contributed by atoms with E-state index in [1.165, 1.54) is 0 Å². The van der Waals surface area contributed by atoms with Gasteiger partial charge in [0, 0.05) is 17.5 Å². The Morgan fingerprint density at radius 3 is 2.71 bits per heavy atom. The van der Waals surface area contributed by atoms with Gasteiger partial charge in [-0.25, -0.2) is 14.8 Å². The van der Waals surface area contributed by atoms with Crippen LogP contribution in [0.5, 0.6) is 0 Å². The Kier molecular flexibility index (Phi) is 4.62. The lowest BCUT2D eigenvalue weighted by Gasteiger charge is -2.15. The van der Waals surface area contributed by atoms with Crippen molar-refractivity contribution in [2.24, 2.45) is 0 Å². The summed E-state index contributed by atoms with van der Waals surface area (Å²) in [5, 5.41) is 2.94. The molecule has 2 aromatic rings. The van der Waals surface area contributed by atoms with E-state index < -0.39 is 5.97 Å². The SMILES string of the molecule is CCOC(=O)c1nc(CC)n(C(C)c2nc(C)cs2)c1N. The van der Waals surface area contributed by atoms with Gasteiger partial charge in [0.15, 0.2) is 5.69 Å². The summed E-state index contributed by atoms with van der Waals surface area (Å²) < 4.78 is 6.87. The minimum absolute atomic E-state index is 0.0608. The van der Waals surface area contributed by atoms with Crippen LogP contribution >= 0.6 is 11.3 Å². The van der Waals surface area contributed by atoms with Crippen LogP contribution in [0, 0.1) is 6.92 Å². The Bertz CT molecular complexity index is 647.